The molecule has 0 unspecified atom stereocenters. The van der Waals surface area contributed by atoms with Crippen LogP contribution in [-0.4, -0.2) is 40.4 Å². The van der Waals surface area contributed by atoms with Gasteiger partial charge in [0.2, 0.25) is 5.82 Å². The summed E-state index contributed by atoms with van der Waals surface area (Å²) in [7, 11) is 0. The van der Waals surface area contributed by atoms with Gasteiger partial charge in [-0.3, -0.25) is 4.79 Å². The van der Waals surface area contributed by atoms with Crippen molar-refractivity contribution in [2.45, 2.75) is 58.1 Å². The summed E-state index contributed by atoms with van der Waals surface area (Å²) in [6.45, 7) is 2.27. The van der Waals surface area contributed by atoms with Gasteiger partial charge in [0.25, 0.3) is 5.56 Å². The van der Waals surface area contributed by atoms with E-state index in [9.17, 15) is 4.79 Å². The van der Waals surface area contributed by atoms with Crippen LogP contribution in [0.25, 0.3) is 11.0 Å². The largest absolute Gasteiger partial charge is 0.485 e. The Morgan fingerprint density at radius 1 is 1.19 bits per heavy atom. The Kier molecular flexibility index (Phi) is 5.19. The number of H-pyrrole nitrogens is 2. The van der Waals surface area contributed by atoms with Crippen molar-refractivity contribution in [1.29, 1.82) is 0 Å². The molecule has 10 nitrogen and oxygen atoms in total. The average Bonchev–Trinajstić information content (AvgIpc) is 3.54. The van der Waals surface area contributed by atoms with Gasteiger partial charge in [0.05, 0.1) is 11.7 Å². The molecule has 0 amide bonds. The third-order valence-corrected chi connectivity index (χ3v) is 5.74. The van der Waals surface area contributed by atoms with Gasteiger partial charge < -0.3 is 9.72 Å². The van der Waals surface area contributed by atoms with Crippen LogP contribution in [0.4, 0.5) is 0 Å². The number of nitrogens with one attached hydrogen (secondary N) is 2. The van der Waals surface area contributed by atoms with Crippen LogP contribution in [0.2, 0.25) is 0 Å². The number of aryl methyl sites for hydroxylation is 1. The maximum atomic E-state index is 12.9. The van der Waals surface area contributed by atoms with Gasteiger partial charge >= 0.3 is 0 Å². The van der Waals surface area contributed by atoms with E-state index in [1.807, 2.05) is 35.9 Å². The molecule has 4 aromatic rings. The molecule has 5 rings (SSSR count). The summed E-state index contributed by atoms with van der Waals surface area (Å²) in [5, 5.41) is 19.0. The Hall–Kier alpha value is -3.56. The molecule has 0 bridgehead atoms. The van der Waals surface area contributed by atoms with Crippen molar-refractivity contribution >= 4 is 11.0 Å². The Bertz CT molecular complexity index is 1220. The fourth-order valence-electron chi connectivity index (χ4n) is 4.18. The number of benzene rings is 1. The monoisotopic (exact) mass is 420 g/mol. The van der Waals surface area contributed by atoms with Crippen molar-refractivity contribution in [2.75, 3.05) is 0 Å². The molecular formula is C21H24N8O2. The minimum Gasteiger partial charge on any atom is -0.485 e. The van der Waals surface area contributed by atoms with Gasteiger partial charge in [-0.1, -0.05) is 37.1 Å². The summed E-state index contributed by atoms with van der Waals surface area (Å²) in [5.41, 5.74) is 2.45. The highest BCUT2D eigenvalue weighted by Gasteiger charge is 2.24. The van der Waals surface area contributed by atoms with Gasteiger partial charge in [-0.15, -0.1) is 10.2 Å². The highest BCUT2D eigenvalue weighted by atomic mass is 16.5. The number of nitrogens with zero attached hydrogens (tertiary/aromatic N) is 6. The summed E-state index contributed by atoms with van der Waals surface area (Å²) in [6, 6.07) is 8.01. The Morgan fingerprint density at radius 2 is 2.00 bits per heavy atom. The molecule has 31 heavy (non-hydrogen) atoms. The van der Waals surface area contributed by atoms with Crippen LogP contribution in [0.1, 0.15) is 61.6 Å². The van der Waals surface area contributed by atoms with Crippen molar-refractivity contribution in [3.8, 4) is 5.75 Å². The van der Waals surface area contributed by atoms with Gasteiger partial charge in [0.1, 0.15) is 17.0 Å². The van der Waals surface area contributed by atoms with Gasteiger partial charge in [0, 0.05) is 6.42 Å². The van der Waals surface area contributed by atoms with Gasteiger partial charge in [-0.05, 0) is 37.0 Å². The number of hydrogen-bond acceptors (Lipinski definition) is 7. The lowest BCUT2D eigenvalue weighted by molar-refractivity contribution is 0.296. The van der Waals surface area contributed by atoms with Crippen molar-refractivity contribution in [1.82, 2.24) is 40.4 Å². The smallest absolute Gasteiger partial charge is 0.262 e. The van der Waals surface area contributed by atoms with E-state index in [0.717, 1.165) is 24.1 Å². The van der Waals surface area contributed by atoms with Crippen LogP contribution in [0.5, 0.6) is 5.75 Å². The Balaban J connectivity index is 1.38. The molecule has 10 heteroatoms. The van der Waals surface area contributed by atoms with Crippen LogP contribution in [-0.2, 0) is 19.4 Å². The Labute approximate surface area is 178 Å². The predicted molar refractivity (Wildman–Crippen MR) is 113 cm³/mol. The van der Waals surface area contributed by atoms with Crippen LogP contribution in [0.3, 0.4) is 0 Å². The second kappa shape index (κ2) is 8.29. The molecule has 0 atom stereocenters. The lowest BCUT2D eigenvalue weighted by Crippen LogP contribution is -2.14. The SMILES string of the molecule is CCc1nn(C2CCCC2)c2nc(Cc3ccc(OCc4nn[nH]n4)cc3)[nH]c(=O)c12. The minimum atomic E-state index is -0.110. The molecule has 3 aromatic heterocycles. The first-order valence-corrected chi connectivity index (χ1v) is 10.7. The number of rotatable bonds is 7. The van der Waals surface area contributed by atoms with Crippen LogP contribution in [0.15, 0.2) is 29.1 Å². The van der Waals surface area contributed by atoms with Crippen molar-refractivity contribution in [3.05, 3.63) is 57.5 Å². The normalized spacial score (nSPS) is 14.5. The van der Waals surface area contributed by atoms with E-state index in [1.54, 1.807) is 0 Å². The highest BCUT2D eigenvalue weighted by molar-refractivity contribution is 5.77. The molecule has 0 radical (unpaired) electrons. The van der Waals surface area contributed by atoms with Gasteiger partial charge in [0.15, 0.2) is 12.3 Å². The molecule has 1 aliphatic carbocycles. The van der Waals surface area contributed by atoms with E-state index in [0.29, 0.717) is 47.3 Å². The first kappa shape index (κ1) is 19.4. The van der Waals surface area contributed by atoms with Crippen LogP contribution >= 0.6 is 0 Å². The van der Waals surface area contributed by atoms with Gasteiger partial charge in [-0.2, -0.15) is 10.3 Å². The summed E-state index contributed by atoms with van der Waals surface area (Å²) >= 11 is 0. The third-order valence-electron chi connectivity index (χ3n) is 5.74. The molecule has 160 valence electrons. The zero-order chi connectivity index (χ0) is 21.2. The summed E-state index contributed by atoms with van der Waals surface area (Å²) < 4.78 is 7.64. The number of aromatic amines is 2. The molecule has 1 saturated carbocycles. The first-order chi connectivity index (χ1) is 15.2. The average molecular weight is 420 g/mol. The molecule has 3 heterocycles. The lowest BCUT2D eigenvalue weighted by Gasteiger charge is -2.11. The van der Waals surface area contributed by atoms with E-state index in [-0.39, 0.29) is 12.2 Å². The number of aromatic nitrogens is 8. The number of tetrazole rings is 1. The fourth-order valence-corrected chi connectivity index (χ4v) is 4.18. The zero-order valence-corrected chi connectivity index (χ0v) is 17.3. The number of fused-ring (bicyclic) bond motifs is 1. The van der Waals surface area contributed by atoms with E-state index in [1.165, 1.54) is 12.8 Å². The van der Waals surface area contributed by atoms with E-state index >= 15 is 0 Å². The third kappa shape index (κ3) is 3.92. The molecule has 0 aliphatic heterocycles. The quantitative estimate of drug-likeness (QED) is 0.470. The van der Waals surface area contributed by atoms with Crippen LogP contribution < -0.4 is 10.3 Å². The lowest BCUT2D eigenvalue weighted by atomic mass is 10.1. The maximum Gasteiger partial charge on any atom is 0.262 e. The standard InChI is InChI=1S/C21H24N8O2/c1-2-16-19-20(29(26-16)14-5-3-4-6-14)22-17(23-21(19)30)11-13-7-9-15(10-8-13)31-12-18-24-27-28-25-18/h7-10,14H,2-6,11-12H2,1H3,(H,22,23,30)(H,24,25,27,28). The van der Waals surface area contributed by atoms with Crippen molar-refractivity contribution in [2.24, 2.45) is 0 Å². The minimum absolute atomic E-state index is 0.110. The van der Waals surface area contributed by atoms with Crippen molar-refractivity contribution < 1.29 is 4.74 Å². The topological polar surface area (TPSA) is 127 Å². The molecule has 0 saturated heterocycles. The summed E-state index contributed by atoms with van der Waals surface area (Å²) in [5.74, 6) is 1.83. The van der Waals surface area contributed by atoms with Gasteiger partial charge in [-0.25, -0.2) is 9.67 Å². The molecule has 1 fully saturated rings. The molecule has 1 aromatic carbocycles. The first-order valence-electron chi connectivity index (χ1n) is 10.7. The van der Waals surface area contributed by atoms with Crippen molar-refractivity contribution in [3.63, 3.8) is 0 Å². The maximum absolute atomic E-state index is 12.9. The molecule has 2 N–H and O–H groups in total. The zero-order valence-electron chi connectivity index (χ0n) is 17.3. The summed E-state index contributed by atoms with van der Waals surface area (Å²) in [6.07, 6.45) is 5.82. The second-order valence-corrected chi connectivity index (χ2v) is 7.83. The van der Waals surface area contributed by atoms with E-state index in [4.69, 9.17) is 14.8 Å². The second-order valence-electron chi connectivity index (χ2n) is 7.83. The van der Waals surface area contributed by atoms with E-state index < -0.39 is 0 Å². The summed E-state index contributed by atoms with van der Waals surface area (Å²) in [4.78, 5) is 20.6. The van der Waals surface area contributed by atoms with Crippen LogP contribution in [0, 0.1) is 0 Å². The van der Waals surface area contributed by atoms with E-state index in [2.05, 4.69) is 25.6 Å². The molecular weight excluding hydrogens is 396 g/mol. The Morgan fingerprint density at radius 3 is 2.71 bits per heavy atom. The predicted octanol–water partition coefficient (Wildman–Crippen LogP) is 2.48. The molecule has 0 spiro atoms. The molecule has 1 aliphatic rings. The highest BCUT2D eigenvalue weighted by Crippen LogP contribution is 2.31. The number of ether oxygens (including phenoxy) is 1. The fraction of sp³-hybridized carbons (Fsp3) is 0.429. The number of hydrogen-bond donors (Lipinski definition) is 2.